The molecule has 0 fully saturated rings. The van der Waals surface area contributed by atoms with Gasteiger partial charge in [0.15, 0.2) is 0 Å². The Hall–Kier alpha value is -2.57. The normalized spacial score (nSPS) is 14.4. The van der Waals surface area contributed by atoms with E-state index in [2.05, 4.69) is 15.2 Å². The first-order valence-corrected chi connectivity index (χ1v) is 8.07. The second-order valence-electron chi connectivity index (χ2n) is 7.25. The van der Waals surface area contributed by atoms with Crippen molar-refractivity contribution in [1.29, 1.82) is 0 Å². The van der Waals surface area contributed by atoms with Gasteiger partial charge < -0.3 is 0 Å². The Balaban J connectivity index is 2.19. The number of aromatic nitrogens is 5. The number of rotatable bonds is 5. The van der Waals surface area contributed by atoms with E-state index in [0.717, 1.165) is 6.07 Å². The van der Waals surface area contributed by atoms with Crippen LogP contribution in [-0.2, 0) is 18.5 Å². The molecule has 1 atom stereocenters. The zero-order valence-electron chi connectivity index (χ0n) is 14.5. The topological polar surface area (TPSA) is 48.5 Å². The van der Waals surface area contributed by atoms with Crippen molar-refractivity contribution in [1.82, 2.24) is 24.5 Å². The van der Waals surface area contributed by atoms with Crippen LogP contribution in [0.2, 0.25) is 0 Å². The molecule has 0 radical (unpaired) electrons. The summed E-state index contributed by atoms with van der Waals surface area (Å²) in [5.41, 5.74) is -0.652. The second kappa shape index (κ2) is 6.38. The van der Waals surface area contributed by atoms with Crippen LogP contribution in [0.1, 0.15) is 26.3 Å². The van der Waals surface area contributed by atoms with Gasteiger partial charge in [0.25, 0.3) is 0 Å². The van der Waals surface area contributed by atoms with Crippen LogP contribution in [0.25, 0.3) is 0 Å². The van der Waals surface area contributed by atoms with E-state index in [4.69, 9.17) is 0 Å². The van der Waals surface area contributed by atoms with Crippen LogP contribution in [0.3, 0.4) is 0 Å². The average Bonchev–Trinajstić information content (AvgIpc) is 3.19. The van der Waals surface area contributed by atoms with Crippen molar-refractivity contribution in [2.75, 3.05) is 0 Å². The largest absolute Gasteiger partial charge is 0.272 e. The summed E-state index contributed by atoms with van der Waals surface area (Å²) in [5, 5.41) is 8.49. The molecule has 0 bridgehead atoms. The van der Waals surface area contributed by atoms with Crippen LogP contribution in [0, 0.1) is 17.0 Å². The Morgan fingerprint density at radius 3 is 2.36 bits per heavy atom. The zero-order valence-corrected chi connectivity index (χ0v) is 14.5. The second-order valence-corrected chi connectivity index (χ2v) is 7.25. The van der Waals surface area contributed by atoms with Crippen molar-refractivity contribution >= 4 is 0 Å². The molecule has 1 unspecified atom stereocenters. The molecule has 0 aliphatic rings. The first-order chi connectivity index (χ1) is 11.8. The monoisotopic (exact) mass is 345 g/mol. The third-order valence-corrected chi connectivity index (χ3v) is 4.77. The maximum Gasteiger partial charge on any atom is 0.137 e. The quantitative estimate of drug-likeness (QED) is 0.712. The molecule has 5 nitrogen and oxygen atoms in total. The number of halogens is 2. The van der Waals surface area contributed by atoms with Crippen molar-refractivity contribution in [2.45, 2.75) is 39.3 Å². The highest BCUT2D eigenvalue weighted by molar-refractivity contribution is 5.30. The van der Waals surface area contributed by atoms with Crippen LogP contribution in [0.15, 0.2) is 49.3 Å². The van der Waals surface area contributed by atoms with E-state index in [1.165, 1.54) is 18.5 Å². The summed E-state index contributed by atoms with van der Waals surface area (Å²) >= 11 is 0. The fraction of sp³-hybridized carbons (Fsp3) is 0.389. The maximum absolute atomic E-state index is 14.8. The van der Waals surface area contributed by atoms with Gasteiger partial charge in [-0.3, -0.25) is 9.36 Å². The number of nitrogens with zero attached hydrogens (tertiary/aromatic N) is 5. The van der Waals surface area contributed by atoms with Gasteiger partial charge in [-0.15, -0.1) is 0 Å². The molecule has 3 rings (SSSR count). The van der Waals surface area contributed by atoms with Gasteiger partial charge in [-0.1, -0.05) is 26.8 Å². The summed E-state index contributed by atoms with van der Waals surface area (Å²) in [5.74, 6) is -1.16. The van der Waals surface area contributed by atoms with E-state index in [0.29, 0.717) is 18.7 Å². The molecular formula is C18H21F2N5. The van der Waals surface area contributed by atoms with Gasteiger partial charge in [-0.2, -0.15) is 10.2 Å². The molecule has 1 aromatic carbocycles. The lowest BCUT2D eigenvalue weighted by molar-refractivity contribution is 0.116. The van der Waals surface area contributed by atoms with E-state index in [1.807, 2.05) is 33.0 Å². The minimum Gasteiger partial charge on any atom is -0.272 e. The average molecular weight is 345 g/mol. The fourth-order valence-electron chi connectivity index (χ4n) is 3.24. The molecule has 2 aromatic heterocycles. The van der Waals surface area contributed by atoms with Crippen LogP contribution in [-0.4, -0.2) is 24.5 Å². The Morgan fingerprint density at radius 1 is 1.04 bits per heavy atom. The van der Waals surface area contributed by atoms with E-state index in [-0.39, 0.29) is 5.41 Å². The molecular weight excluding hydrogens is 324 g/mol. The predicted molar refractivity (Wildman–Crippen MR) is 89.7 cm³/mol. The Labute approximate surface area is 145 Å². The molecule has 0 N–H and O–H groups in total. The summed E-state index contributed by atoms with van der Waals surface area (Å²) in [6.45, 7) is 6.92. The summed E-state index contributed by atoms with van der Waals surface area (Å²) in [6, 6.07) is 5.57. The lowest BCUT2D eigenvalue weighted by Crippen LogP contribution is -2.48. The zero-order chi connectivity index (χ0) is 18.1. The minimum atomic E-state index is -0.718. The molecule has 0 aliphatic heterocycles. The smallest absolute Gasteiger partial charge is 0.137 e. The van der Waals surface area contributed by atoms with Gasteiger partial charge >= 0.3 is 0 Å². The third-order valence-electron chi connectivity index (χ3n) is 4.77. The van der Waals surface area contributed by atoms with Crippen molar-refractivity contribution in [3.63, 3.8) is 0 Å². The SMILES string of the molecule is CC(C)(C)C(Cn1cccn1)(Cn1cncn1)c1ccc(F)cc1F. The molecule has 0 aliphatic carbocycles. The highest BCUT2D eigenvalue weighted by Gasteiger charge is 2.46. The fourth-order valence-corrected chi connectivity index (χ4v) is 3.24. The van der Waals surface area contributed by atoms with Crippen LogP contribution in [0.4, 0.5) is 8.78 Å². The van der Waals surface area contributed by atoms with Gasteiger partial charge in [-0.05, 0) is 23.1 Å². The Bertz CT molecular complexity index is 784. The van der Waals surface area contributed by atoms with Crippen molar-refractivity contribution in [3.8, 4) is 0 Å². The van der Waals surface area contributed by atoms with Crippen LogP contribution >= 0.6 is 0 Å². The van der Waals surface area contributed by atoms with E-state index >= 15 is 0 Å². The first-order valence-electron chi connectivity index (χ1n) is 8.07. The number of hydrogen-bond donors (Lipinski definition) is 0. The van der Waals surface area contributed by atoms with E-state index in [1.54, 1.807) is 21.9 Å². The molecule has 0 amide bonds. The summed E-state index contributed by atoms with van der Waals surface area (Å²) < 4.78 is 31.8. The standard InChI is InChI=1S/C18H21F2N5/c1-17(2,3)18(10-24-8-4-7-22-24,11-25-13-21-12-23-25)15-6-5-14(19)9-16(15)20/h4-9,12-13H,10-11H2,1-3H3. The highest BCUT2D eigenvalue weighted by Crippen LogP contribution is 2.45. The van der Waals surface area contributed by atoms with Crippen molar-refractivity contribution in [3.05, 3.63) is 66.5 Å². The third kappa shape index (κ3) is 3.31. The molecule has 0 saturated heterocycles. The maximum atomic E-state index is 14.8. The molecule has 2 heterocycles. The van der Waals surface area contributed by atoms with Gasteiger partial charge in [-0.25, -0.2) is 13.8 Å². The van der Waals surface area contributed by atoms with Crippen LogP contribution in [0.5, 0.6) is 0 Å². The van der Waals surface area contributed by atoms with E-state index < -0.39 is 17.0 Å². The Kier molecular flexibility index (Phi) is 4.41. The van der Waals surface area contributed by atoms with E-state index in [9.17, 15) is 8.78 Å². The number of benzene rings is 1. The Morgan fingerprint density at radius 2 is 1.80 bits per heavy atom. The molecule has 0 spiro atoms. The minimum absolute atomic E-state index is 0.371. The molecule has 0 saturated carbocycles. The lowest BCUT2D eigenvalue weighted by atomic mass is 9.62. The van der Waals surface area contributed by atoms with Gasteiger partial charge in [0.2, 0.25) is 0 Å². The summed E-state index contributed by atoms with van der Waals surface area (Å²) in [6.07, 6.45) is 6.57. The number of hydrogen-bond acceptors (Lipinski definition) is 3. The predicted octanol–water partition coefficient (Wildman–Crippen LogP) is 3.44. The van der Waals surface area contributed by atoms with Crippen molar-refractivity contribution in [2.24, 2.45) is 5.41 Å². The van der Waals surface area contributed by atoms with Crippen LogP contribution < -0.4 is 0 Å². The molecule has 25 heavy (non-hydrogen) atoms. The lowest BCUT2D eigenvalue weighted by Gasteiger charge is -2.45. The molecule has 3 aromatic rings. The van der Waals surface area contributed by atoms with Crippen molar-refractivity contribution < 1.29 is 8.78 Å². The molecule has 132 valence electrons. The summed E-state index contributed by atoms with van der Waals surface area (Å²) in [4.78, 5) is 3.99. The summed E-state index contributed by atoms with van der Waals surface area (Å²) in [7, 11) is 0. The van der Waals surface area contributed by atoms with Gasteiger partial charge in [0.05, 0.1) is 13.1 Å². The first kappa shape index (κ1) is 17.3. The van der Waals surface area contributed by atoms with Gasteiger partial charge in [0, 0.05) is 23.9 Å². The van der Waals surface area contributed by atoms with Gasteiger partial charge in [0.1, 0.15) is 24.3 Å². The molecule has 7 heteroatoms. The highest BCUT2D eigenvalue weighted by atomic mass is 19.1.